The van der Waals surface area contributed by atoms with E-state index < -0.39 is 0 Å². The molecule has 2 aliphatic heterocycles. The van der Waals surface area contributed by atoms with Gasteiger partial charge in [0.15, 0.2) is 5.82 Å². The molecule has 1 fully saturated rings. The first-order valence-corrected chi connectivity index (χ1v) is 7.46. The zero-order chi connectivity index (χ0) is 14.9. The van der Waals surface area contributed by atoms with Crippen molar-refractivity contribution in [1.29, 1.82) is 5.26 Å². The molecule has 2 aromatic rings. The molecule has 7 heteroatoms. The van der Waals surface area contributed by atoms with Crippen molar-refractivity contribution in [2.45, 2.75) is 25.5 Å². The Hall–Kier alpha value is -2.46. The molecular formula is C15H16N6O. The van der Waals surface area contributed by atoms with E-state index in [1.165, 1.54) is 0 Å². The van der Waals surface area contributed by atoms with Crippen LogP contribution >= 0.6 is 0 Å². The predicted molar refractivity (Wildman–Crippen MR) is 78.2 cm³/mol. The molecule has 0 N–H and O–H groups in total. The SMILES string of the molecule is N#Cc1cnn(C2CCN(c3cc4c(nn3)CCOC4)C2)c1. The normalized spacial score (nSPS) is 20.7. The molecule has 1 unspecified atom stereocenters. The molecule has 112 valence electrons. The zero-order valence-electron chi connectivity index (χ0n) is 12.1. The van der Waals surface area contributed by atoms with Crippen molar-refractivity contribution < 1.29 is 4.74 Å². The maximum Gasteiger partial charge on any atom is 0.151 e. The average Bonchev–Trinajstić information content (AvgIpc) is 3.23. The predicted octanol–water partition coefficient (Wildman–Crippen LogP) is 1.07. The van der Waals surface area contributed by atoms with Crippen LogP contribution in [0.25, 0.3) is 0 Å². The van der Waals surface area contributed by atoms with Crippen LogP contribution in [0.15, 0.2) is 18.5 Å². The summed E-state index contributed by atoms with van der Waals surface area (Å²) < 4.78 is 7.37. The van der Waals surface area contributed by atoms with Gasteiger partial charge in [-0.1, -0.05) is 0 Å². The number of rotatable bonds is 2. The van der Waals surface area contributed by atoms with Crippen molar-refractivity contribution >= 4 is 5.82 Å². The van der Waals surface area contributed by atoms with E-state index in [-0.39, 0.29) is 6.04 Å². The largest absolute Gasteiger partial charge is 0.376 e. The molecule has 7 nitrogen and oxygen atoms in total. The van der Waals surface area contributed by atoms with Gasteiger partial charge in [-0.15, -0.1) is 5.10 Å². The van der Waals surface area contributed by atoms with Crippen molar-refractivity contribution in [3.05, 3.63) is 35.3 Å². The Bertz CT molecular complexity index is 734. The van der Waals surface area contributed by atoms with Crippen LogP contribution < -0.4 is 4.90 Å². The monoisotopic (exact) mass is 296 g/mol. The summed E-state index contributed by atoms with van der Waals surface area (Å²) in [6, 6.07) is 4.48. The van der Waals surface area contributed by atoms with Gasteiger partial charge < -0.3 is 9.64 Å². The van der Waals surface area contributed by atoms with Crippen molar-refractivity contribution in [3.8, 4) is 6.07 Å². The van der Waals surface area contributed by atoms with Gasteiger partial charge in [0.05, 0.1) is 36.7 Å². The molecule has 2 aliphatic rings. The maximum atomic E-state index is 8.89. The summed E-state index contributed by atoms with van der Waals surface area (Å²) in [4.78, 5) is 2.22. The molecule has 4 rings (SSSR count). The van der Waals surface area contributed by atoms with Gasteiger partial charge in [0.2, 0.25) is 0 Å². The number of ether oxygens (including phenoxy) is 1. The van der Waals surface area contributed by atoms with Gasteiger partial charge in [0.1, 0.15) is 6.07 Å². The molecule has 0 amide bonds. The summed E-state index contributed by atoms with van der Waals surface area (Å²) in [6.45, 7) is 3.11. The van der Waals surface area contributed by atoms with Gasteiger partial charge in [-0.2, -0.15) is 15.5 Å². The molecule has 0 saturated carbocycles. The maximum absolute atomic E-state index is 8.89. The molecule has 0 radical (unpaired) electrons. The van der Waals surface area contributed by atoms with Crippen LogP contribution in [0.3, 0.4) is 0 Å². The molecule has 2 aromatic heterocycles. The Morgan fingerprint density at radius 3 is 3.18 bits per heavy atom. The second-order valence-corrected chi connectivity index (χ2v) is 5.69. The molecular weight excluding hydrogens is 280 g/mol. The summed E-state index contributed by atoms with van der Waals surface area (Å²) in [5.74, 6) is 0.902. The smallest absolute Gasteiger partial charge is 0.151 e. The third kappa shape index (κ3) is 2.31. The molecule has 4 heterocycles. The zero-order valence-corrected chi connectivity index (χ0v) is 12.1. The van der Waals surface area contributed by atoms with E-state index in [2.05, 4.69) is 32.3 Å². The van der Waals surface area contributed by atoms with Crippen LogP contribution in [-0.4, -0.2) is 39.7 Å². The number of hydrogen-bond acceptors (Lipinski definition) is 6. The van der Waals surface area contributed by atoms with E-state index >= 15 is 0 Å². The van der Waals surface area contributed by atoms with Gasteiger partial charge in [-0.05, 0) is 12.5 Å². The lowest BCUT2D eigenvalue weighted by Crippen LogP contribution is -2.24. The van der Waals surface area contributed by atoms with Gasteiger partial charge >= 0.3 is 0 Å². The first kappa shape index (κ1) is 13.2. The second-order valence-electron chi connectivity index (χ2n) is 5.69. The minimum absolute atomic E-state index is 0.274. The van der Waals surface area contributed by atoms with Crippen molar-refractivity contribution in [3.63, 3.8) is 0 Å². The van der Waals surface area contributed by atoms with Gasteiger partial charge in [0, 0.05) is 31.3 Å². The lowest BCUT2D eigenvalue weighted by molar-refractivity contribution is 0.109. The third-order valence-electron chi connectivity index (χ3n) is 4.28. The average molecular weight is 296 g/mol. The van der Waals surface area contributed by atoms with Crippen molar-refractivity contribution in [2.75, 3.05) is 24.6 Å². The Morgan fingerprint density at radius 1 is 1.36 bits per heavy atom. The van der Waals surface area contributed by atoms with E-state index in [0.717, 1.165) is 49.6 Å². The van der Waals surface area contributed by atoms with Crippen molar-refractivity contribution in [2.24, 2.45) is 0 Å². The minimum atomic E-state index is 0.274. The highest BCUT2D eigenvalue weighted by Gasteiger charge is 2.26. The standard InChI is InChI=1S/C15H16N6O/c16-6-11-7-17-21(8-11)13-1-3-20(9-13)15-5-12-10-22-4-2-14(12)18-19-15/h5,7-8,13H,1-4,9-10H2. The van der Waals surface area contributed by atoms with Gasteiger partial charge in [-0.25, -0.2) is 0 Å². The molecule has 1 atom stereocenters. The van der Waals surface area contributed by atoms with E-state index in [4.69, 9.17) is 10.00 Å². The Balaban J connectivity index is 1.52. The summed E-state index contributed by atoms with van der Waals surface area (Å²) in [5.41, 5.74) is 2.80. The highest BCUT2D eigenvalue weighted by atomic mass is 16.5. The second kappa shape index (κ2) is 5.39. The molecule has 22 heavy (non-hydrogen) atoms. The highest BCUT2D eigenvalue weighted by Crippen LogP contribution is 2.27. The van der Waals surface area contributed by atoms with Crippen molar-refractivity contribution in [1.82, 2.24) is 20.0 Å². The summed E-state index contributed by atoms with van der Waals surface area (Å²) >= 11 is 0. The fourth-order valence-electron chi connectivity index (χ4n) is 3.05. The minimum Gasteiger partial charge on any atom is -0.376 e. The Morgan fingerprint density at radius 2 is 2.32 bits per heavy atom. The number of aromatic nitrogens is 4. The molecule has 0 bridgehead atoms. The number of anilines is 1. The summed E-state index contributed by atoms with van der Waals surface area (Å²) in [6.07, 6.45) is 5.25. The Kier molecular flexibility index (Phi) is 3.24. The van der Waals surface area contributed by atoms with Crippen LogP contribution in [0.4, 0.5) is 5.82 Å². The van der Waals surface area contributed by atoms with E-state index in [0.29, 0.717) is 12.2 Å². The third-order valence-corrected chi connectivity index (χ3v) is 4.28. The van der Waals surface area contributed by atoms with E-state index in [1.807, 2.05) is 4.68 Å². The van der Waals surface area contributed by atoms with Gasteiger partial charge in [-0.3, -0.25) is 4.68 Å². The van der Waals surface area contributed by atoms with Crippen LogP contribution in [0.1, 0.15) is 29.3 Å². The number of fused-ring (bicyclic) bond motifs is 1. The molecule has 0 spiro atoms. The molecule has 1 saturated heterocycles. The first-order chi connectivity index (χ1) is 10.8. The molecule has 0 aliphatic carbocycles. The lowest BCUT2D eigenvalue weighted by Gasteiger charge is -2.20. The fourth-order valence-corrected chi connectivity index (χ4v) is 3.05. The topological polar surface area (TPSA) is 79.9 Å². The van der Waals surface area contributed by atoms with Crippen LogP contribution in [-0.2, 0) is 17.8 Å². The van der Waals surface area contributed by atoms with Crippen LogP contribution in [0, 0.1) is 11.3 Å². The van der Waals surface area contributed by atoms with Gasteiger partial charge in [0.25, 0.3) is 0 Å². The number of nitrogens with zero attached hydrogens (tertiary/aromatic N) is 6. The van der Waals surface area contributed by atoms with Crippen LogP contribution in [0.5, 0.6) is 0 Å². The number of hydrogen-bond donors (Lipinski definition) is 0. The molecule has 0 aromatic carbocycles. The van der Waals surface area contributed by atoms with E-state index in [9.17, 15) is 0 Å². The first-order valence-electron chi connectivity index (χ1n) is 7.46. The lowest BCUT2D eigenvalue weighted by atomic mass is 10.1. The number of nitriles is 1. The van der Waals surface area contributed by atoms with E-state index in [1.54, 1.807) is 12.4 Å². The van der Waals surface area contributed by atoms with Crippen LogP contribution in [0.2, 0.25) is 0 Å². The summed E-state index contributed by atoms with van der Waals surface area (Å²) in [5, 5.41) is 21.9. The summed E-state index contributed by atoms with van der Waals surface area (Å²) in [7, 11) is 0. The Labute approximate surface area is 128 Å². The fraction of sp³-hybridized carbons (Fsp3) is 0.467. The quantitative estimate of drug-likeness (QED) is 0.824. The highest BCUT2D eigenvalue weighted by molar-refractivity contribution is 5.43.